The summed E-state index contributed by atoms with van der Waals surface area (Å²) >= 11 is 5.90. The molecule has 0 aliphatic heterocycles. The van der Waals surface area contributed by atoms with Crippen molar-refractivity contribution in [3.8, 4) is 0 Å². The summed E-state index contributed by atoms with van der Waals surface area (Å²) < 4.78 is 0. The number of carbonyl (C=O) groups excluding carboxylic acids is 1. The zero-order chi connectivity index (χ0) is 15.4. The molecule has 1 aromatic carbocycles. The minimum absolute atomic E-state index is 0.0428. The van der Waals surface area contributed by atoms with Crippen LogP contribution in [0.25, 0.3) is 0 Å². The zero-order valence-corrected chi connectivity index (χ0v) is 12.9. The highest BCUT2D eigenvalue weighted by Gasteiger charge is 2.27. The minimum Gasteiger partial charge on any atom is -0.397 e. The molecule has 1 fully saturated rings. The first-order valence-corrected chi connectivity index (χ1v) is 7.58. The van der Waals surface area contributed by atoms with Crippen LogP contribution in [0.15, 0.2) is 18.2 Å². The Morgan fingerprint density at radius 1 is 1.48 bits per heavy atom. The van der Waals surface area contributed by atoms with Crippen molar-refractivity contribution in [2.75, 3.05) is 24.6 Å². The number of aliphatic hydroxyl groups is 1. The fourth-order valence-corrected chi connectivity index (χ4v) is 2.95. The van der Waals surface area contributed by atoms with Crippen molar-refractivity contribution < 1.29 is 9.90 Å². The van der Waals surface area contributed by atoms with Crippen molar-refractivity contribution in [3.63, 3.8) is 0 Å². The highest BCUT2D eigenvalue weighted by Crippen LogP contribution is 2.24. The molecule has 116 valence electrons. The van der Waals surface area contributed by atoms with Gasteiger partial charge in [0, 0.05) is 11.1 Å². The molecule has 0 aromatic heterocycles. The van der Waals surface area contributed by atoms with E-state index in [0.717, 1.165) is 25.7 Å². The van der Waals surface area contributed by atoms with Crippen molar-refractivity contribution >= 4 is 28.9 Å². The van der Waals surface area contributed by atoms with Gasteiger partial charge >= 0.3 is 0 Å². The van der Waals surface area contributed by atoms with E-state index in [-0.39, 0.29) is 24.6 Å². The maximum absolute atomic E-state index is 12.1. The molecule has 1 aromatic rings. The zero-order valence-electron chi connectivity index (χ0n) is 12.2. The first kappa shape index (κ1) is 16.1. The Bertz CT molecular complexity index is 510. The SMILES string of the molecule is CN(CC(=O)Nc1cc(Cl)ccc1N)C1CCCCC1O. The third-order valence-corrected chi connectivity index (χ3v) is 4.18. The van der Waals surface area contributed by atoms with Gasteiger partial charge in [0.2, 0.25) is 5.91 Å². The van der Waals surface area contributed by atoms with Gasteiger partial charge in [0.05, 0.1) is 24.0 Å². The Morgan fingerprint density at radius 3 is 2.90 bits per heavy atom. The maximum Gasteiger partial charge on any atom is 0.238 e. The summed E-state index contributed by atoms with van der Waals surface area (Å²) in [6, 6.07) is 5.01. The summed E-state index contributed by atoms with van der Waals surface area (Å²) in [5, 5.41) is 13.3. The highest BCUT2D eigenvalue weighted by molar-refractivity contribution is 6.31. The van der Waals surface area contributed by atoms with Gasteiger partial charge in [0.25, 0.3) is 0 Å². The van der Waals surface area contributed by atoms with Gasteiger partial charge in [-0.3, -0.25) is 9.69 Å². The number of benzene rings is 1. The van der Waals surface area contributed by atoms with Crippen LogP contribution in [0, 0.1) is 0 Å². The van der Waals surface area contributed by atoms with E-state index in [9.17, 15) is 9.90 Å². The van der Waals surface area contributed by atoms with Gasteiger partial charge in [-0.1, -0.05) is 24.4 Å². The summed E-state index contributed by atoms with van der Waals surface area (Å²) in [5.41, 5.74) is 6.80. The first-order chi connectivity index (χ1) is 9.97. The van der Waals surface area contributed by atoms with Crippen LogP contribution in [0.2, 0.25) is 5.02 Å². The predicted molar refractivity (Wildman–Crippen MR) is 85.4 cm³/mol. The maximum atomic E-state index is 12.1. The average Bonchev–Trinajstić information content (AvgIpc) is 2.43. The molecule has 2 rings (SSSR count). The Balaban J connectivity index is 1.93. The average molecular weight is 312 g/mol. The van der Waals surface area contributed by atoms with Crippen LogP contribution in [0.3, 0.4) is 0 Å². The van der Waals surface area contributed by atoms with Crippen molar-refractivity contribution in [2.45, 2.75) is 37.8 Å². The number of halogens is 1. The number of hydrogen-bond acceptors (Lipinski definition) is 4. The van der Waals surface area contributed by atoms with Crippen LogP contribution >= 0.6 is 11.6 Å². The molecule has 1 saturated carbocycles. The molecule has 0 bridgehead atoms. The van der Waals surface area contributed by atoms with E-state index >= 15 is 0 Å². The second-order valence-corrected chi connectivity index (χ2v) is 6.05. The lowest BCUT2D eigenvalue weighted by Gasteiger charge is -2.34. The second-order valence-electron chi connectivity index (χ2n) is 5.61. The van der Waals surface area contributed by atoms with E-state index in [2.05, 4.69) is 5.32 Å². The number of anilines is 2. The monoisotopic (exact) mass is 311 g/mol. The number of nitrogens with zero attached hydrogens (tertiary/aromatic N) is 1. The largest absolute Gasteiger partial charge is 0.397 e. The van der Waals surface area contributed by atoms with Crippen LogP contribution < -0.4 is 11.1 Å². The molecular formula is C15H22ClN3O2. The Labute approximate surface area is 130 Å². The minimum atomic E-state index is -0.354. The number of nitrogen functional groups attached to an aromatic ring is 1. The van der Waals surface area contributed by atoms with E-state index in [4.69, 9.17) is 17.3 Å². The number of aliphatic hydroxyl groups excluding tert-OH is 1. The molecule has 21 heavy (non-hydrogen) atoms. The Hall–Kier alpha value is -1.30. The van der Waals surface area contributed by atoms with Crippen molar-refractivity contribution in [3.05, 3.63) is 23.2 Å². The van der Waals surface area contributed by atoms with Gasteiger partial charge < -0.3 is 16.2 Å². The molecule has 1 amide bonds. The van der Waals surface area contributed by atoms with E-state index in [1.165, 1.54) is 0 Å². The van der Waals surface area contributed by atoms with Crippen molar-refractivity contribution in [1.29, 1.82) is 0 Å². The van der Waals surface area contributed by atoms with Gasteiger partial charge in [-0.2, -0.15) is 0 Å². The Morgan fingerprint density at radius 2 is 2.19 bits per heavy atom. The van der Waals surface area contributed by atoms with Crippen molar-refractivity contribution in [2.24, 2.45) is 0 Å². The molecule has 1 aliphatic carbocycles. The predicted octanol–water partition coefficient (Wildman–Crippen LogP) is 2.10. The molecule has 4 N–H and O–H groups in total. The first-order valence-electron chi connectivity index (χ1n) is 7.20. The quantitative estimate of drug-likeness (QED) is 0.744. The lowest BCUT2D eigenvalue weighted by atomic mass is 9.91. The van der Waals surface area contributed by atoms with Crippen LogP contribution in [0.4, 0.5) is 11.4 Å². The molecule has 0 spiro atoms. The topological polar surface area (TPSA) is 78.6 Å². The normalized spacial score (nSPS) is 22.3. The van der Waals surface area contributed by atoms with E-state index in [0.29, 0.717) is 16.4 Å². The van der Waals surface area contributed by atoms with Gasteiger partial charge in [0.15, 0.2) is 0 Å². The highest BCUT2D eigenvalue weighted by atomic mass is 35.5. The number of nitrogens with one attached hydrogen (secondary N) is 1. The molecule has 0 heterocycles. The van der Waals surface area contributed by atoms with E-state index in [1.54, 1.807) is 18.2 Å². The van der Waals surface area contributed by atoms with E-state index in [1.807, 2.05) is 11.9 Å². The lowest BCUT2D eigenvalue weighted by Crippen LogP contribution is -2.46. The number of amides is 1. The molecule has 2 unspecified atom stereocenters. The number of likely N-dealkylation sites (N-methyl/N-ethyl adjacent to an activating group) is 1. The molecule has 0 saturated heterocycles. The van der Waals surface area contributed by atoms with Crippen LogP contribution in [0.5, 0.6) is 0 Å². The summed E-state index contributed by atoms with van der Waals surface area (Å²) in [4.78, 5) is 14.0. The third kappa shape index (κ3) is 4.33. The van der Waals surface area contributed by atoms with Crippen LogP contribution in [0.1, 0.15) is 25.7 Å². The Kier molecular flexibility index (Phi) is 5.45. The third-order valence-electron chi connectivity index (χ3n) is 3.94. The fourth-order valence-electron chi connectivity index (χ4n) is 2.78. The number of rotatable bonds is 4. The molecule has 1 aliphatic rings. The van der Waals surface area contributed by atoms with Gasteiger partial charge in [-0.05, 0) is 38.1 Å². The molecule has 2 atom stereocenters. The van der Waals surface area contributed by atoms with Gasteiger partial charge in [0.1, 0.15) is 0 Å². The number of hydrogen-bond donors (Lipinski definition) is 3. The fraction of sp³-hybridized carbons (Fsp3) is 0.533. The van der Waals surface area contributed by atoms with Crippen LogP contribution in [-0.2, 0) is 4.79 Å². The second kappa shape index (κ2) is 7.11. The summed E-state index contributed by atoms with van der Waals surface area (Å²) in [5.74, 6) is -0.163. The summed E-state index contributed by atoms with van der Waals surface area (Å²) in [6.45, 7) is 0.216. The van der Waals surface area contributed by atoms with Gasteiger partial charge in [-0.25, -0.2) is 0 Å². The van der Waals surface area contributed by atoms with Crippen molar-refractivity contribution in [1.82, 2.24) is 4.90 Å². The number of carbonyl (C=O) groups is 1. The molecular weight excluding hydrogens is 290 g/mol. The lowest BCUT2D eigenvalue weighted by molar-refractivity contribution is -0.118. The summed E-state index contributed by atoms with van der Waals surface area (Å²) in [7, 11) is 1.86. The smallest absolute Gasteiger partial charge is 0.238 e. The van der Waals surface area contributed by atoms with Crippen LogP contribution in [-0.4, -0.2) is 41.7 Å². The number of nitrogens with two attached hydrogens (primary N) is 1. The summed E-state index contributed by atoms with van der Waals surface area (Å²) in [6.07, 6.45) is 3.51. The molecule has 6 heteroatoms. The van der Waals surface area contributed by atoms with Gasteiger partial charge in [-0.15, -0.1) is 0 Å². The molecule has 0 radical (unpaired) electrons. The standard InChI is InChI=1S/C15H22ClN3O2/c1-19(13-4-2-3-5-14(13)20)9-15(21)18-12-8-10(16)6-7-11(12)17/h6-8,13-14,20H,2-5,9,17H2,1H3,(H,18,21). The van der Waals surface area contributed by atoms with E-state index < -0.39 is 0 Å². The molecule has 5 nitrogen and oxygen atoms in total.